The van der Waals surface area contributed by atoms with E-state index in [2.05, 4.69) is 28.8 Å². The summed E-state index contributed by atoms with van der Waals surface area (Å²) in [4.78, 5) is 17.9. The summed E-state index contributed by atoms with van der Waals surface area (Å²) < 4.78 is 32.6. The molecule has 1 amide bonds. The van der Waals surface area contributed by atoms with Gasteiger partial charge in [0.1, 0.15) is 18.2 Å². The summed E-state index contributed by atoms with van der Waals surface area (Å²) >= 11 is 0. The summed E-state index contributed by atoms with van der Waals surface area (Å²) in [6.07, 6.45) is 5.71. The van der Waals surface area contributed by atoms with Crippen LogP contribution in [0.4, 0.5) is 5.82 Å². The molecule has 2 atom stereocenters. The molecule has 0 radical (unpaired) electrons. The number of hydrogen-bond acceptors (Lipinski definition) is 7. The van der Waals surface area contributed by atoms with Crippen molar-refractivity contribution in [1.29, 1.82) is 0 Å². The number of aliphatic hydroxyl groups excluding tert-OH is 1. The molecule has 3 N–H and O–H groups in total. The lowest BCUT2D eigenvalue weighted by atomic mass is 10.1. The van der Waals surface area contributed by atoms with Gasteiger partial charge in [-0.3, -0.25) is 9.10 Å². The first-order chi connectivity index (χ1) is 18.5. The summed E-state index contributed by atoms with van der Waals surface area (Å²) in [5, 5.41) is 16.5. The minimum atomic E-state index is -3.66. The van der Waals surface area contributed by atoms with Gasteiger partial charge in [-0.05, 0) is 62.9 Å². The third-order valence-corrected chi connectivity index (χ3v) is 8.60. The summed E-state index contributed by atoms with van der Waals surface area (Å²) in [5.41, 5.74) is 1.77. The number of aromatic nitrogens is 1. The molecule has 0 unspecified atom stereocenters. The van der Waals surface area contributed by atoms with Gasteiger partial charge in [0.05, 0.1) is 17.4 Å². The molecule has 10 heteroatoms. The van der Waals surface area contributed by atoms with Crippen LogP contribution in [-0.2, 0) is 22.9 Å². The Bertz CT molecular complexity index is 1260. The lowest BCUT2D eigenvalue weighted by Crippen LogP contribution is -2.51. The van der Waals surface area contributed by atoms with Crippen LogP contribution >= 0.6 is 0 Å². The smallest absolute Gasteiger partial charge is 0.251 e. The van der Waals surface area contributed by atoms with Crippen LogP contribution in [-0.4, -0.2) is 68.1 Å². The van der Waals surface area contributed by atoms with Crippen LogP contribution < -0.4 is 19.7 Å². The highest BCUT2D eigenvalue weighted by molar-refractivity contribution is 7.93. The number of ether oxygens (including phenoxy) is 1. The number of carbonyl (C=O) groups is 1. The van der Waals surface area contributed by atoms with Gasteiger partial charge in [0, 0.05) is 37.3 Å². The zero-order chi connectivity index (χ0) is 28.6. The highest BCUT2D eigenvalue weighted by atomic mass is 32.2. The second-order valence-corrected chi connectivity index (χ2v) is 12.6. The average molecular weight is 557 g/mol. The Balaban J connectivity index is 1.83. The Morgan fingerprint density at radius 2 is 1.92 bits per heavy atom. The van der Waals surface area contributed by atoms with Crippen LogP contribution in [0.2, 0.25) is 0 Å². The number of carbonyl (C=O) groups excluding carboxylic acids is 1. The van der Waals surface area contributed by atoms with Gasteiger partial charge >= 0.3 is 0 Å². The van der Waals surface area contributed by atoms with Crippen LogP contribution in [0, 0.1) is 0 Å². The number of amides is 1. The van der Waals surface area contributed by atoms with Crippen molar-refractivity contribution in [3.63, 3.8) is 0 Å². The number of hydrogen-bond donors (Lipinski definition) is 3. The molecular formula is C29H40N4O5S. The van der Waals surface area contributed by atoms with Crippen molar-refractivity contribution in [2.24, 2.45) is 0 Å². The molecule has 1 aliphatic carbocycles. The third-order valence-electron chi connectivity index (χ3n) is 6.46. The Hall–Kier alpha value is -3.21. The van der Waals surface area contributed by atoms with Gasteiger partial charge in [0.2, 0.25) is 10.0 Å². The van der Waals surface area contributed by atoms with E-state index in [9.17, 15) is 18.3 Å². The van der Waals surface area contributed by atoms with Gasteiger partial charge in [-0.1, -0.05) is 24.3 Å². The maximum absolute atomic E-state index is 13.4. The van der Waals surface area contributed by atoms with Gasteiger partial charge < -0.3 is 20.5 Å². The molecule has 1 aliphatic rings. The molecule has 0 bridgehead atoms. The number of sulfonamides is 1. The van der Waals surface area contributed by atoms with E-state index >= 15 is 0 Å². The van der Waals surface area contributed by atoms with E-state index in [0.717, 1.165) is 22.7 Å². The standard InChI is InChI=1S/C29H40N4O5S/c1-6-9-21-11-8-12-25(15-21)38-19-26(27(34)18-30-23-13-14-23)32-29(35)22-16-24(10-7-2)31-28(17-22)33(5)39(36,37)20(3)4/h6-8,11-12,15-17,20,23,26-27,30,34H,1-2,9-10,13-14,18-19H2,3-5H3,(H,32,35)/t26-,27+/m0/s1. The van der Waals surface area contributed by atoms with Crippen molar-refractivity contribution in [3.05, 3.63) is 78.5 Å². The van der Waals surface area contributed by atoms with E-state index in [4.69, 9.17) is 4.74 Å². The number of anilines is 1. The first kappa shape index (κ1) is 30.3. The first-order valence-electron chi connectivity index (χ1n) is 13.2. The van der Waals surface area contributed by atoms with Crippen LogP contribution in [0.3, 0.4) is 0 Å². The summed E-state index contributed by atoms with van der Waals surface area (Å²) in [5.74, 6) is 0.283. The zero-order valence-corrected chi connectivity index (χ0v) is 23.8. The third kappa shape index (κ3) is 8.64. The zero-order valence-electron chi connectivity index (χ0n) is 23.0. The van der Waals surface area contributed by atoms with E-state index in [1.54, 1.807) is 26.0 Å². The summed E-state index contributed by atoms with van der Waals surface area (Å²) in [6, 6.07) is 10.3. The highest BCUT2D eigenvalue weighted by Gasteiger charge is 2.28. The molecule has 1 fully saturated rings. The maximum atomic E-state index is 13.4. The average Bonchev–Trinajstić information content (AvgIpc) is 3.74. The molecule has 39 heavy (non-hydrogen) atoms. The number of aliphatic hydroxyl groups is 1. The molecule has 2 aromatic rings. The summed E-state index contributed by atoms with van der Waals surface area (Å²) in [7, 11) is -2.24. The van der Waals surface area contributed by atoms with Crippen molar-refractivity contribution in [1.82, 2.24) is 15.6 Å². The molecule has 3 rings (SSSR count). The number of nitrogens with zero attached hydrogens (tertiary/aromatic N) is 2. The predicted molar refractivity (Wildman–Crippen MR) is 155 cm³/mol. The molecule has 0 aliphatic heterocycles. The second-order valence-electron chi connectivity index (χ2n) is 10.0. The molecule has 0 spiro atoms. The molecule has 1 heterocycles. The van der Waals surface area contributed by atoms with Gasteiger partial charge in [-0.25, -0.2) is 13.4 Å². The van der Waals surface area contributed by atoms with Gasteiger partial charge in [-0.15, -0.1) is 13.2 Å². The van der Waals surface area contributed by atoms with Crippen molar-refractivity contribution >= 4 is 21.7 Å². The Morgan fingerprint density at radius 3 is 2.56 bits per heavy atom. The fraction of sp³-hybridized carbons (Fsp3) is 0.448. The lowest BCUT2D eigenvalue weighted by Gasteiger charge is -2.26. The molecule has 212 valence electrons. The predicted octanol–water partition coefficient (Wildman–Crippen LogP) is 3.00. The fourth-order valence-corrected chi connectivity index (χ4v) is 4.88. The number of benzene rings is 1. The van der Waals surface area contributed by atoms with E-state index < -0.39 is 33.3 Å². The second kappa shape index (κ2) is 13.7. The van der Waals surface area contributed by atoms with E-state index in [-0.39, 0.29) is 18.0 Å². The van der Waals surface area contributed by atoms with Crippen molar-refractivity contribution in [2.45, 2.75) is 63.0 Å². The number of rotatable bonds is 16. The number of nitrogens with one attached hydrogen (secondary N) is 2. The van der Waals surface area contributed by atoms with Gasteiger partial charge in [0.15, 0.2) is 0 Å². The van der Waals surface area contributed by atoms with Gasteiger partial charge in [0.25, 0.3) is 5.91 Å². The van der Waals surface area contributed by atoms with Gasteiger partial charge in [-0.2, -0.15) is 0 Å². The topological polar surface area (TPSA) is 121 Å². The molecule has 1 aromatic heterocycles. The molecule has 1 aromatic carbocycles. The molecular weight excluding hydrogens is 516 g/mol. The largest absolute Gasteiger partial charge is 0.491 e. The van der Waals surface area contributed by atoms with Crippen molar-refractivity contribution in [3.8, 4) is 5.75 Å². The van der Waals surface area contributed by atoms with Crippen LogP contribution in [0.25, 0.3) is 0 Å². The Labute approximate surface area is 232 Å². The minimum absolute atomic E-state index is 0.0376. The molecule has 9 nitrogen and oxygen atoms in total. The van der Waals surface area contributed by atoms with Crippen molar-refractivity contribution < 1.29 is 23.1 Å². The normalized spacial score (nSPS) is 14.9. The van der Waals surface area contributed by atoms with Crippen LogP contribution in [0.5, 0.6) is 5.75 Å². The lowest BCUT2D eigenvalue weighted by molar-refractivity contribution is 0.0733. The molecule has 1 saturated carbocycles. The Morgan fingerprint density at radius 1 is 1.21 bits per heavy atom. The Kier molecular flexibility index (Phi) is 10.7. The van der Waals surface area contributed by atoms with E-state index in [0.29, 0.717) is 36.9 Å². The highest BCUT2D eigenvalue weighted by Crippen LogP contribution is 2.21. The first-order valence-corrected chi connectivity index (χ1v) is 14.7. The van der Waals surface area contributed by atoms with Crippen molar-refractivity contribution in [2.75, 3.05) is 24.5 Å². The number of allylic oxidation sites excluding steroid dienone is 2. The number of pyridine rings is 1. The minimum Gasteiger partial charge on any atom is -0.491 e. The summed E-state index contributed by atoms with van der Waals surface area (Å²) in [6.45, 7) is 11.0. The monoisotopic (exact) mass is 556 g/mol. The van der Waals surface area contributed by atoms with Crippen LogP contribution in [0.15, 0.2) is 61.7 Å². The van der Waals surface area contributed by atoms with E-state index in [1.165, 1.54) is 13.1 Å². The van der Waals surface area contributed by atoms with Crippen LogP contribution in [0.1, 0.15) is 48.3 Å². The van der Waals surface area contributed by atoms with E-state index in [1.807, 2.05) is 30.3 Å². The maximum Gasteiger partial charge on any atom is 0.251 e. The quantitative estimate of drug-likeness (QED) is 0.272. The SMILES string of the molecule is C=CCc1cccc(OC[C@H](NC(=O)c2cc(CC=C)nc(N(C)S(=O)(=O)C(C)C)c2)[C@H](O)CNC2CC2)c1. The molecule has 0 saturated heterocycles. The fourth-order valence-electron chi connectivity index (χ4n) is 3.90.